The summed E-state index contributed by atoms with van der Waals surface area (Å²) in [4.78, 5) is 0. The van der Waals surface area contributed by atoms with E-state index in [0.29, 0.717) is 0 Å². The Morgan fingerprint density at radius 3 is 1.28 bits per heavy atom. The lowest BCUT2D eigenvalue weighted by atomic mass is 10.2. The summed E-state index contributed by atoms with van der Waals surface area (Å²) in [6, 6.07) is 0. The SMILES string of the molecule is ICC#CCCCC#CC#CCCCC#CCI. The van der Waals surface area contributed by atoms with Gasteiger partial charge in [0.25, 0.3) is 0 Å². The minimum atomic E-state index is 0.895. The normalized spacial score (nSPS) is 7.44. The van der Waals surface area contributed by atoms with Crippen molar-refractivity contribution in [3.8, 4) is 47.4 Å². The lowest BCUT2D eigenvalue weighted by Gasteiger charge is -1.83. The van der Waals surface area contributed by atoms with E-state index in [0.717, 1.165) is 47.4 Å². The van der Waals surface area contributed by atoms with E-state index in [9.17, 15) is 0 Å². The van der Waals surface area contributed by atoms with Gasteiger partial charge in [0.1, 0.15) is 0 Å². The Balaban J connectivity index is 3.47. The van der Waals surface area contributed by atoms with Crippen molar-refractivity contribution in [3.63, 3.8) is 0 Å². The van der Waals surface area contributed by atoms with Crippen molar-refractivity contribution in [2.75, 3.05) is 8.86 Å². The Bertz CT molecular complexity index is 388. The molecule has 0 saturated heterocycles. The molecule has 0 aliphatic carbocycles. The molecule has 0 atom stereocenters. The zero-order chi connectivity index (χ0) is 13.3. The molecule has 0 bridgehead atoms. The molecule has 0 aromatic rings. The van der Waals surface area contributed by atoms with Gasteiger partial charge in [-0.2, -0.15) is 0 Å². The summed E-state index contributed by atoms with van der Waals surface area (Å²) >= 11 is 4.51. The van der Waals surface area contributed by atoms with E-state index >= 15 is 0 Å². The highest BCUT2D eigenvalue weighted by atomic mass is 127. The van der Waals surface area contributed by atoms with Crippen LogP contribution in [0.2, 0.25) is 0 Å². The van der Waals surface area contributed by atoms with E-state index in [1.54, 1.807) is 0 Å². The molecule has 18 heavy (non-hydrogen) atoms. The standard InChI is InChI=1S/C16H16I2/c17-15-13-11-9-7-5-3-1-2-4-6-8-10-12-14-16-18/h5-10,15-16H2. The van der Waals surface area contributed by atoms with Gasteiger partial charge in [0, 0.05) is 25.7 Å². The van der Waals surface area contributed by atoms with Gasteiger partial charge in [-0.1, -0.05) is 68.9 Å². The van der Waals surface area contributed by atoms with Crippen LogP contribution >= 0.6 is 45.2 Å². The minimum absolute atomic E-state index is 0.895. The second-order valence-electron chi connectivity index (χ2n) is 3.29. The fraction of sp³-hybridized carbons (Fsp3) is 0.500. The topological polar surface area (TPSA) is 0 Å². The Morgan fingerprint density at radius 1 is 0.500 bits per heavy atom. The molecule has 0 N–H and O–H groups in total. The van der Waals surface area contributed by atoms with Gasteiger partial charge in [0.05, 0.1) is 8.86 Å². The Labute approximate surface area is 139 Å². The van der Waals surface area contributed by atoms with E-state index in [1.165, 1.54) is 0 Å². The molecule has 0 radical (unpaired) electrons. The number of halogens is 2. The predicted molar refractivity (Wildman–Crippen MR) is 96.6 cm³/mol. The van der Waals surface area contributed by atoms with Crippen molar-refractivity contribution >= 4 is 45.2 Å². The number of unbranched alkanes of at least 4 members (excludes halogenated alkanes) is 4. The average molecular weight is 462 g/mol. The van der Waals surface area contributed by atoms with Crippen molar-refractivity contribution in [2.24, 2.45) is 0 Å². The first-order valence-corrected chi connectivity index (χ1v) is 8.96. The van der Waals surface area contributed by atoms with Gasteiger partial charge in [0.2, 0.25) is 0 Å². The molecule has 0 amide bonds. The molecular formula is C16H16I2. The lowest BCUT2D eigenvalue weighted by Crippen LogP contribution is -1.71. The van der Waals surface area contributed by atoms with E-state index in [2.05, 4.69) is 92.5 Å². The van der Waals surface area contributed by atoms with Gasteiger partial charge in [-0.05, 0) is 24.7 Å². The lowest BCUT2D eigenvalue weighted by molar-refractivity contribution is 0.902. The van der Waals surface area contributed by atoms with Crippen LogP contribution in [0.5, 0.6) is 0 Å². The zero-order valence-corrected chi connectivity index (χ0v) is 14.7. The Morgan fingerprint density at radius 2 is 0.889 bits per heavy atom. The van der Waals surface area contributed by atoms with Crippen LogP contribution < -0.4 is 0 Å². The fourth-order valence-electron chi connectivity index (χ4n) is 1.01. The molecule has 0 aliphatic heterocycles. The van der Waals surface area contributed by atoms with Crippen LogP contribution in [0.15, 0.2) is 0 Å². The highest BCUT2D eigenvalue weighted by Crippen LogP contribution is 1.92. The van der Waals surface area contributed by atoms with E-state index < -0.39 is 0 Å². The monoisotopic (exact) mass is 462 g/mol. The molecule has 0 aromatic heterocycles. The summed E-state index contributed by atoms with van der Waals surface area (Å²) in [6.07, 6.45) is 5.77. The highest BCUT2D eigenvalue weighted by molar-refractivity contribution is 14.1. The Kier molecular flexibility index (Phi) is 16.4. The number of hydrogen-bond donors (Lipinski definition) is 0. The first-order valence-electron chi connectivity index (χ1n) is 5.91. The van der Waals surface area contributed by atoms with Gasteiger partial charge >= 0.3 is 0 Å². The summed E-state index contributed by atoms with van der Waals surface area (Å²) in [5, 5.41) is 0. The highest BCUT2D eigenvalue weighted by Gasteiger charge is 1.79. The first-order chi connectivity index (χ1) is 8.91. The van der Waals surface area contributed by atoms with E-state index in [4.69, 9.17) is 0 Å². The van der Waals surface area contributed by atoms with Gasteiger partial charge in [-0.15, -0.1) is 11.8 Å². The number of rotatable bonds is 4. The van der Waals surface area contributed by atoms with Gasteiger partial charge in [-0.25, -0.2) is 0 Å². The van der Waals surface area contributed by atoms with Crippen molar-refractivity contribution < 1.29 is 0 Å². The number of alkyl halides is 2. The fourth-order valence-corrected chi connectivity index (χ4v) is 1.55. The second-order valence-corrected chi connectivity index (χ2v) is 4.81. The minimum Gasteiger partial charge on any atom is -0.102 e. The molecule has 0 fully saturated rings. The maximum atomic E-state index is 3.10. The summed E-state index contributed by atoms with van der Waals surface area (Å²) in [5.74, 6) is 24.1. The van der Waals surface area contributed by atoms with Crippen LogP contribution in [0, 0.1) is 47.4 Å². The third kappa shape index (κ3) is 15.7. The third-order valence-corrected chi connectivity index (χ3v) is 2.59. The van der Waals surface area contributed by atoms with Crippen LogP contribution in [0.25, 0.3) is 0 Å². The molecule has 0 saturated carbocycles. The van der Waals surface area contributed by atoms with Gasteiger partial charge < -0.3 is 0 Å². The number of hydrogen-bond acceptors (Lipinski definition) is 0. The molecular weight excluding hydrogens is 446 g/mol. The van der Waals surface area contributed by atoms with Crippen molar-refractivity contribution in [3.05, 3.63) is 0 Å². The van der Waals surface area contributed by atoms with Gasteiger partial charge in [0.15, 0.2) is 0 Å². The van der Waals surface area contributed by atoms with Crippen LogP contribution in [0.1, 0.15) is 38.5 Å². The van der Waals surface area contributed by atoms with Crippen molar-refractivity contribution in [2.45, 2.75) is 38.5 Å². The zero-order valence-electron chi connectivity index (χ0n) is 10.4. The second kappa shape index (κ2) is 16.7. The predicted octanol–water partition coefficient (Wildman–Crippen LogP) is 4.21. The molecule has 0 aliphatic rings. The van der Waals surface area contributed by atoms with Crippen LogP contribution in [-0.2, 0) is 0 Å². The maximum Gasteiger partial charge on any atom is 0.0609 e. The van der Waals surface area contributed by atoms with Crippen molar-refractivity contribution in [1.82, 2.24) is 0 Å². The Hall–Kier alpha value is -0.300. The van der Waals surface area contributed by atoms with Gasteiger partial charge in [-0.3, -0.25) is 0 Å². The van der Waals surface area contributed by atoms with E-state index in [-0.39, 0.29) is 0 Å². The first kappa shape index (κ1) is 17.7. The largest absolute Gasteiger partial charge is 0.102 e. The molecule has 0 spiro atoms. The molecule has 0 heterocycles. The summed E-state index contributed by atoms with van der Waals surface area (Å²) in [6.45, 7) is 0. The van der Waals surface area contributed by atoms with Crippen LogP contribution in [0.4, 0.5) is 0 Å². The molecule has 0 unspecified atom stereocenters. The smallest absolute Gasteiger partial charge is 0.0609 e. The van der Waals surface area contributed by atoms with Crippen LogP contribution in [-0.4, -0.2) is 8.86 Å². The van der Waals surface area contributed by atoms with E-state index in [1.807, 2.05) is 0 Å². The molecule has 2 heteroatoms. The maximum absolute atomic E-state index is 3.10. The molecule has 0 rings (SSSR count). The summed E-state index contributed by atoms with van der Waals surface area (Å²) in [5.41, 5.74) is 0. The van der Waals surface area contributed by atoms with Crippen LogP contribution in [0.3, 0.4) is 0 Å². The molecule has 94 valence electrons. The third-order valence-electron chi connectivity index (χ3n) is 1.83. The molecule has 0 aromatic carbocycles. The summed E-state index contributed by atoms with van der Waals surface area (Å²) in [7, 11) is 0. The quantitative estimate of drug-likeness (QED) is 0.254. The summed E-state index contributed by atoms with van der Waals surface area (Å²) < 4.78 is 1.83. The average Bonchev–Trinajstić information content (AvgIpc) is 2.39. The van der Waals surface area contributed by atoms with Crippen molar-refractivity contribution in [1.29, 1.82) is 0 Å². The molecule has 0 nitrogen and oxygen atoms in total.